The highest BCUT2D eigenvalue weighted by atomic mass is 35.5. The third-order valence-corrected chi connectivity index (χ3v) is 6.61. The number of urea groups is 1. The third-order valence-electron chi connectivity index (χ3n) is 5.64. The molecule has 2 N–H and O–H groups in total. The second-order valence-corrected chi connectivity index (χ2v) is 9.72. The van der Waals surface area contributed by atoms with E-state index in [1.807, 2.05) is 13.8 Å². The predicted molar refractivity (Wildman–Crippen MR) is 153 cm³/mol. The lowest BCUT2D eigenvalue weighted by molar-refractivity contribution is -0.122. The highest BCUT2D eigenvalue weighted by Gasteiger charge is 2.37. The Kier molecular flexibility index (Phi) is 8.99. The van der Waals surface area contributed by atoms with Gasteiger partial charge in [-0.15, -0.1) is 0 Å². The minimum atomic E-state index is -0.887. The molecule has 0 aliphatic carbocycles. The summed E-state index contributed by atoms with van der Waals surface area (Å²) in [6, 6.07) is 13.3. The largest absolute Gasteiger partial charge is 0.494 e. The van der Waals surface area contributed by atoms with Gasteiger partial charge in [0.1, 0.15) is 11.3 Å². The Labute approximate surface area is 244 Å². The lowest BCUT2D eigenvalue weighted by Gasteiger charge is -2.26. The summed E-state index contributed by atoms with van der Waals surface area (Å²) in [7, 11) is 0. The zero-order valence-electron chi connectivity index (χ0n) is 21.2. The topological polar surface area (TPSA) is 114 Å². The van der Waals surface area contributed by atoms with Gasteiger partial charge < -0.3 is 14.8 Å². The zero-order chi connectivity index (χ0) is 29.0. The molecule has 206 valence electrons. The SMILES string of the molecule is CCOc1ccc(N2C(=O)NC(=O)/C(=C\c3cc(Cl)c(OCC(=O)Nc4ccc(C)c(Cl)c4)c(Cl)c3)C2=O)cc1. The van der Waals surface area contributed by atoms with E-state index in [0.717, 1.165) is 10.5 Å². The van der Waals surface area contributed by atoms with Crippen molar-refractivity contribution in [1.82, 2.24) is 5.32 Å². The van der Waals surface area contributed by atoms with Crippen LogP contribution in [-0.4, -0.2) is 37.0 Å². The molecule has 1 fully saturated rings. The number of hydrogen-bond acceptors (Lipinski definition) is 6. The first-order valence-electron chi connectivity index (χ1n) is 11.9. The first-order valence-corrected chi connectivity index (χ1v) is 13.0. The normalized spacial score (nSPS) is 14.3. The number of nitrogens with one attached hydrogen (secondary N) is 2. The molecule has 3 aromatic rings. The monoisotopic (exact) mass is 601 g/mol. The summed E-state index contributed by atoms with van der Waals surface area (Å²) in [5.41, 5.74) is 1.59. The molecule has 1 aliphatic rings. The molecule has 0 saturated carbocycles. The van der Waals surface area contributed by atoms with Crippen molar-refractivity contribution >= 4 is 76.0 Å². The van der Waals surface area contributed by atoms with Crippen molar-refractivity contribution in [2.24, 2.45) is 0 Å². The summed E-state index contributed by atoms with van der Waals surface area (Å²) in [6.45, 7) is 3.73. The average Bonchev–Trinajstić information content (AvgIpc) is 2.89. The fraction of sp³-hybridized carbons (Fsp3) is 0.143. The Morgan fingerprint density at radius 1 is 0.950 bits per heavy atom. The molecule has 0 aromatic heterocycles. The molecule has 3 aromatic carbocycles. The van der Waals surface area contributed by atoms with Crippen LogP contribution in [0.4, 0.5) is 16.2 Å². The van der Waals surface area contributed by atoms with E-state index < -0.39 is 30.4 Å². The molecule has 40 heavy (non-hydrogen) atoms. The number of carbonyl (C=O) groups is 4. The fourth-order valence-corrected chi connectivity index (χ4v) is 4.52. The summed E-state index contributed by atoms with van der Waals surface area (Å²) in [5, 5.41) is 5.39. The van der Waals surface area contributed by atoms with Gasteiger partial charge in [0.2, 0.25) is 0 Å². The molecule has 0 bridgehead atoms. The number of anilines is 2. The number of barbiturate groups is 1. The number of nitrogens with zero attached hydrogens (tertiary/aromatic N) is 1. The van der Waals surface area contributed by atoms with Crippen LogP contribution in [0.1, 0.15) is 18.1 Å². The molecule has 9 nitrogen and oxygen atoms in total. The van der Waals surface area contributed by atoms with Gasteiger partial charge in [0.05, 0.1) is 22.3 Å². The molecule has 5 amide bonds. The van der Waals surface area contributed by atoms with Crippen molar-refractivity contribution < 1.29 is 28.7 Å². The van der Waals surface area contributed by atoms with Gasteiger partial charge in [0.15, 0.2) is 12.4 Å². The zero-order valence-corrected chi connectivity index (χ0v) is 23.5. The van der Waals surface area contributed by atoms with Crippen molar-refractivity contribution in [3.05, 3.63) is 86.4 Å². The van der Waals surface area contributed by atoms with Crippen molar-refractivity contribution in [3.63, 3.8) is 0 Å². The molecule has 1 heterocycles. The summed E-state index contributed by atoms with van der Waals surface area (Å²) in [5.74, 6) is -1.59. The van der Waals surface area contributed by atoms with Crippen LogP contribution in [0, 0.1) is 6.92 Å². The minimum absolute atomic E-state index is 0.0354. The number of rotatable bonds is 8. The molecule has 0 radical (unpaired) electrons. The molecule has 1 saturated heterocycles. The van der Waals surface area contributed by atoms with Crippen LogP contribution in [0.3, 0.4) is 0 Å². The van der Waals surface area contributed by atoms with E-state index in [9.17, 15) is 19.2 Å². The van der Waals surface area contributed by atoms with Crippen molar-refractivity contribution in [2.45, 2.75) is 13.8 Å². The summed E-state index contributed by atoms with van der Waals surface area (Å²) in [6.07, 6.45) is 1.25. The first-order chi connectivity index (χ1) is 19.1. The standard InChI is InChI=1S/C28H22Cl3N3O6/c1-3-39-19-8-6-18(7-9-19)34-27(37)20(26(36)33-28(34)38)10-16-11-22(30)25(23(31)12-16)40-14-24(35)32-17-5-4-15(2)21(29)13-17/h4-13H,3,14H2,1-2H3,(H,32,35)(H,33,36,38)/b20-10+. The number of hydrogen-bond donors (Lipinski definition) is 2. The van der Waals surface area contributed by atoms with Crippen LogP contribution in [0.5, 0.6) is 11.5 Å². The smallest absolute Gasteiger partial charge is 0.335 e. The highest BCUT2D eigenvalue weighted by molar-refractivity contribution is 6.40. The second kappa shape index (κ2) is 12.4. The van der Waals surface area contributed by atoms with E-state index in [1.165, 1.54) is 30.3 Å². The number of imide groups is 2. The van der Waals surface area contributed by atoms with Gasteiger partial charge in [-0.25, -0.2) is 9.69 Å². The number of benzene rings is 3. The van der Waals surface area contributed by atoms with E-state index in [4.69, 9.17) is 44.3 Å². The Hall–Kier alpha value is -4.05. The molecular weight excluding hydrogens is 581 g/mol. The fourth-order valence-electron chi connectivity index (χ4n) is 3.72. The van der Waals surface area contributed by atoms with Gasteiger partial charge in [-0.3, -0.25) is 19.7 Å². The van der Waals surface area contributed by atoms with Crippen LogP contribution in [-0.2, 0) is 14.4 Å². The van der Waals surface area contributed by atoms with Crippen LogP contribution >= 0.6 is 34.8 Å². The molecule has 0 spiro atoms. The maximum absolute atomic E-state index is 13.2. The number of ether oxygens (including phenoxy) is 2. The van der Waals surface area contributed by atoms with Crippen LogP contribution in [0.2, 0.25) is 15.1 Å². The summed E-state index contributed by atoms with van der Waals surface area (Å²) >= 11 is 18.8. The van der Waals surface area contributed by atoms with E-state index in [0.29, 0.717) is 28.6 Å². The van der Waals surface area contributed by atoms with E-state index >= 15 is 0 Å². The number of amides is 5. The average molecular weight is 603 g/mol. The van der Waals surface area contributed by atoms with Crippen molar-refractivity contribution in [1.29, 1.82) is 0 Å². The Morgan fingerprint density at radius 3 is 2.25 bits per heavy atom. The molecule has 1 aliphatic heterocycles. The van der Waals surface area contributed by atoms with Gasteiger partial charge in [0, 0.05) is 10.7 Å². The Balaban J connectivity index is 1.50. The lowest BCUT2D eigenvalue weighted by Crippen LogP contribution is -2.54. The van der Waals surface area contributed by atoms with Gasteiger partial charge in [-0.05, 0) is 79.6 Å². The molecule has 0 atom stereocenters. The maximum Gasteiger partial charge on any atom is 0.335 e. The van der Waals surface area contributed by atoms with Crippen LogP contribution in [0.25, 0.3) is 6.08 Å². The van der Waals surface area contributed by atoms with Gasteiger partial charge in [-0.2, -0.15) is 0 Å². The summed E-state index contributed by atoms with van der Waals surface area (Å²) in [4.78, 5) is 51.3. The quantitative estimate of drug-likeness (QED) is 0.240. The summed E-state index contributed by atoms with van der Waals surface area (Å²) < 4.78 is 10.9. The maximum atomic E-state index is 13.2. The van der Waals surface area contributed by atoms with Gasteiger partial charge in [0.25, 0.3) is 17.7 Å². The highest BCUT2D eigenvalue weighted by Crippen LogP contribution is 2.35. The predicted octanol–water partition coefficient (Wildman–Crippen LogP) is 6.04. The second-order valence-electron chi connectivity index (χ2n) is 8.50. The van der Waals surface area contributed by atoms with Crippen LogP contribution in [0.15, 0.2) is 60.2 Å². The van der Waals surface area contributed by atoms with Gasteiger partial charge in [-0.1, -0.05) is 40.9 Å². The van der Waals surface area contributed by atoms with Crippen molar-refractivity contribution in [3.8, 4) is 11.5 Å². The van der Waals surface area contributed by atoms with E-state index in [-0.39, 0.29) is 27.1 Å². The number of carbonyl (C=O) groups excluding carboxylic acids is 4. The number of aryl methyl sites for hydroxylation is 1. The lowest BCUT2D eigenvalue weighted by atomic mass is 10.1. The Bertz CT molecular complexity index is 1520. The van der Waals surface area contributed by atoms with E-state index in [1.54, 1.807) is 30.3 Å². The molecule has 4 rings (SSSR count). The molecule has 0 unspecified atom stereocenters. The third kappa shape index (κ3) is 6.56. The van der Waals surface area contributed by atoms with Crippen LogP contribution < -0.4 is 25.0 Å². The molecule has 12 heteroatoms. The minimum Gasteiger partial charge on any atom is -0.494 e. The molecular formula is C28H22Cl3N3O6. The first kappa shape index (κ1) is 28.9. The van der Waals surface area contributed by atoms with Gasteiger partial charge >= 0.3 is 6.03 Å². The van der Waals surface area contributed by atoms with E-state index in [2.05, 4.69) is 10.6 Å². The number of halogens is 3. The Morgan fingerprint density at radius 2 is 1.62 bits per heavy atom. The van der Waals surface area contributed by atoms with Crippen molar-refractivity contribution in [2.75, 3.05) is 23.4 Å².